The summed E-state index contributed by atoms with van der Waals surface area (Å²) in [5, 5.41) is 3.00. The molecule has 33 heavy (non-hydrogen) atoms. The Morgan fingerprint density at radius 1 is 1.15 bits per heavy atom. The number of carbonyl (C=O) groups excluding carboxylic acids is 2. The fourth-order valence-electron chi connectivity index (χ4n) is 4.39. The molecule has 0 bridgehead atoms. The Bertz CT molecular complexity index is 998. The number of furan rings is 1. The van der Waals surface area contributed by atoms with E-state index in [0.717, 1.165) is 42.5 Å². The van der Waals surface area contributed by atoms with E-state index in [-0.39, 0.29) is 17.9 Å². The maximum Gasteiger partial charge on any atom is 0.340 e. The van der Waals surface area contributed by atoms with E-state index in [2.05, 4.69) is 14.8 Å². The Kier molecular flexibility index (Phi) is 8.52. The number of nitrogens with one attached hydrogen (secondary N) is 1. The molecule has 1 aliphatic rings. The third-order valence-electron chi connectivity index (χ3n) is 6.07. The van der Waals surface area contributed by atoms with Crippen molar-refractivity contribution >= 4 is 18.0 Å². The summed E-state index contributed by atoms with van der Waals surface area (Å²) >= 11 is 0. The molecule has 0 spiro atoms. The number of nitrogens with zero attached hydrogens (tertiary/aromatic N) is 2. The first-order chi connectivity index (χ1) is 15.9. The molecule has 3 rings (SSSR count). The molecule has 8 heteroatoms. The van der Waals surface area contributed by atoms with Crippen molar-refractivity contribution in [2.75, 3.05) is 39.5 Å². The van der Waals surface area contributed by atoms with Crippen molar-refractivity contribution in [2.24, 2.45) is 0 Å². The summed E-state index contributed by atoms with van der Waals surface area (Å²) in [6, 6.07) is 3.83. The molecule has 1 fully saturated rings. The van der Waals surface area contributed by atoms with Crippen LogP contribution in [0.25, 0.3) is 6.08 Å². The second-order valence-electron chi connectivity index (χ2n) is 8.12. The van der Waals surface area contributed by atoms with E-state index in [9.17, 15) is 9.59 Å². The number of hydrogen-bond acceptors (Lipinski definition) is 6. The van der Waals surface area contributed by atoms with E-state index < -0.39 is 0 Å². The van der Waals surface area contributed by atoms with Gasteiger partial charge in [0.1, 0.15) is 11.5 Å². The molecule has 1 amide bonds. The fraction of sp³-hybridized carbons (Fsp3) is 0.520. The number of hydrogen-bond donors (Lipinski definition) is 1. The van der Waals surface area contributed by atoms with Crippen LogP contribution in [0.3, 0.4) is 0 Å². The lowest BCUT2D eigenvalue weighted by Gasteiger charge is -2.33. The molecule has 1 N–H and O–H groups in total. The van der Waals surface area contributed by atoms with Gasteiger partial charge in [0.2, 0.25) is 5.91 Å². The number of morpholine rings is 1. The van der Waals surface area contributed by atoms with Crippen LogP contribution in [0, 0.1) is 20.8 Å². The van der Waals surface area contributed by atoms with Crippen molar-refractivity contribution in [1.82, 2.24) is 14.8 Å². The van der Waals surface area contributed by atoms with Crippen molar-refractivity contribution in [3.05, 3.63) is 52.2 Å². The van der Waals surface area contributed by atoms with Crippen molar-refractivity contribution in [1.29, 1.82) is 0 Å². The molecule has 2 aromatic rings. The van der Waals surface area contributed by atoms with E-state index in [0.29, 0.717) is 37.5 Å². The highest BCUT2D eigenvalue weighted by Gasteiger charge is 2.26. The number of aromatic nitrogens is 1. The molecular weight excluding hydrogens is 422 g/mol. The van der Waals surface area contributed by atoms with Crippen molar-refractivity contribution in [3.8, 4) is 0 Å². The van der Waals surface area contributed by atoms with E-state index in [4.69, 9.17) is 13.9 Å². The molecule has 1 aliphatic heterocycles. The highest BCUT2D eigenvalue weighted by atomic mass is 16.5. The number of rotatable bonds is 9. The van der Waals surface area contributed by atoms with E-state index >= 15 is 0 Å². The highest BCUT2D eigenvalue weighted by molar-refractivity contribution is 5.98. The lowest BCUT2D eigenvalue weighted by molar-refractivity contribution is -0.116. The Hall–Kier alpha value is -2.84. The fourth-order valence-corrected chi connectivity index (χ4v) is 4.39. The van der Waals surface area contributed by atoms with Crippen LogP contribution in [-0.2, 0) is 20.8 Å². The number of esters is 1. The van der Waals surface area contributed by atoms with Crippen molar-refractivity contribution in [2.45, 2.75) is 47.2 Å². The van der Waals surface area contributed by atoms with Crippen LogP contribution in [-0.4, -0.2) is 60.8 Å². The zero-order chi connectivity index (χ0) is 24.0. The van der Waals surface area contributed by atoms with Crippen LogP contribution in [0.5, 0.6) is 0 Å². The Morgan fingerprint density at radius 2 is 1.88 bits per heavy atom. The number of amides is 1. The predicted molar refractivity (Wildman–Crippen MR) is 126 cm³/mol. The van der Waals surface area contributed by atoms with Crippen LogP contribution < -0.4 is 5.32 Å². The zero-order valence-electron chi connectivity index (χ0n) is 20.3. The minimum absolute atomic E-state index is 0.0693. The molecule has 0 saturated carbocycles. The molecule has 0 aliphatic carbocycles. The van der Waals surface area contributed by atoms with Gasteiger partial charge in [0.25, 0.3) is 0 Å². The minimum atomic E-state index is -0.370. The second-order valence-corrected chi connectivity index (χ2v) is 8.12. The standard InChI is InChI=1S/C25H35N3O5/c1-6-28-18(4)20(24(19(28)5)25(30)32-7-2)9-11-23(29)26-16-21(22-10-8-17(3)33-22)27-12-14-31-15-13-27/h8-11,21H,6-7,12-16H2,1-5H3,(H,26,29)/b11-9+. The van der Waals surface area contributed by atoms with Gasteiger partial charge in [-0.3, -0.25) is 9.69 Å². The summed E-state index contributed by atoms with van der Waals surface area (Å²) < 4.78 is 18.6. The average molecular weight is 458 g/mol. The number of ether oxygens (including phenoxy) is 2. The van der Waals surface area contributed by atoms with Gasteiger partial charge in [-0.1, -0.05) is 0 Å². The van der Waals surface area contributed by atoms with Gasteiger partial charge in [0.15, 0.2) is 0 Å². The smallest absolute Gasteiger partial charge is 0.340 e. The lowest BCUT2D eigenvalue weighted by atomic mass is 10.1. The lowest BCUT2D eigenvalue weighted by Crippen LogP contribution is -2.43. The molecule has 1 unspecified atom stereocenters. The highest BCUT2D eigenvalue weighted by Crippen LogP contribution is 2.25. The first-order valence-corrected chi connectivity index (χ1v) is 11.6. The summed E-state index contributed by atoms with van der Waals surface area (Å²) in [4.78, 5) is 27.6. The van der Waals surface area contributed by atoms with Gasteiger partial charge < -0.3 is 23.8 Å². The Morgan fingerprint density at radius 3 is 2.48 bits per heavy atom. The second kappa shape index (κ2) is 11.3. The zero-order valence-corrected chi connectivity index (χ0v) is 20.3. The molecule has 0 aromatic carbocycles. The van der Waals surface area contributed by atoms with E-state index in [1.807, 2.05) is 39.8 Å². The van der Waals surface area contributed by atoms with Crippen molar-refractivity contribution in [3.63, 3.8) is 0 Å². The average Bonchev–Trinajstić information content (AvgIpc) is 3.33. The topological polar surface area (TPSA) is 85.9 Å². The van der Waals surface area contributed by atoms with Crippen LogP contribution in [0.1, 0.15) is 58.7 Å². The quantitative estimate of drug-likeness (QED) is 0.459. The summed E-state index contributed by atoms with van der Waals surface area (Å²) in [6.07, 6.45) is 3.19. The molecule has 2 aromatic heterocycles. The molecular formula is C25H35N3O5. The van der Waals surface area contributed by atoms with Gasteiger partial charge in [-0.05, 0) is 52.8 Å². The molecule has 1 atom stereocenters. The monoisotopic (exact) mass is 457 g/mol. The van der Waals surface area contributed by atoms with Crippen molar-refractivity contribution < 1.29 is 23.5 Å². The summed E-state index contributed by atoms with van der Waals surface area (Å²) in [5.41, 5.74) is 3.00. The Labute approximate surface area is 195 Å². The maximum absolute atomic E-state index is 12.7. The summed E-state index contributed by atoms with van der Waals surface area (Å²) in [6.45, 7) is 13.9. The van der Waals surface area contributed by atoms with Gasteiger partial charge in [-0.25, -0.2) is 4.79 Å². The SMILES string of the molecule is CCOC(=O)c1c(/C=C/C(=O)NCC(c2ccc(C)o2)N2CCOCC2)c(C)n(CC)c1C. The minimum Gasteiger partial charge on any atom is -0.465 e. The van der Waals surface area contributed by atoms with Gasteiger partial charge in [0, 0.05) is 49.2 Å². The predicted octanol–water partition coefficient (Wildman–Crippen LogP) is 3.41. The molecule has 1 saturated heterocycles. The van der Waals surface area contributed by atoms with Crippen LogP contribution in [0.4, 0.5) is 0 Å². The third kappa shape index (κ3) is 5.75. The summed E-state index contributed by atoms with van der Waals surface area (Å²) in [5.74, 6) is 1.07. The number of carbonyl (C=O) groups is 2. The van der Waals surface area contributed by atoms with E-state index in [1.54, 1.807) is 13.0 Å². The Balaban J connectivity index is 1.75. The van der Waals surface area contributed by atoms with Gasteiger partial charge in [0.05, 0.1) is 31.4 Å². The molecule has 180 valence electrons. The number of aryl methyl sites for hydroxylation is 1. The molecule has 0 radical (unpaired) electrons. The third-order valence-corrected chi connectivity index (χ3v) is 6.07. The molecule has 8 nitrogen and oxygen atoms in total. The van der Waals surface area contributed by atoms with Crippen LogP contribution in [0.15, 0.2) is 22.6 Å². The van der Waals surface area contributed by atoms with Gasteiger partial charge in [-0.15, -0.1) is 0 Å². The largest absolute Gasteiger partial charge is 0.465 e. The maximum atomic E-state index is 12.7. The first-order valence-electron chi connectivity index (χ1n) is 11.6. The van der Waals surface area contributed by atoms with Crippen LogP contribution >= 0.6 is 0 Å². The van der Waals surface area contributed by atoms with E-state index in [1.165, 1.54) is 6.08 Å². The molecule has 3 heterocycles. The summed E-state index contributed by atoms with van der Waals surface area (Å²) in [7, 11) is 0. The van der Waals surface area contributed by atoms with Gasteiger partial charge >= 0.3 is 5.97 Å². The first kappa shape index (κ1) is 24.8. The van der Waals surface area contributed by atoms with Crippen LogP contribution in [0.2, 0.25) is 0 Å². The normalized spacial score (nSPS) is 15.7. The van der Waals surface area contributed by atoms with Gasteiger partial charge in [-0.2, -0.15) is 0 Å².